The summed E-state index contributed by atoms with van der Waals surface area (Å²) in [7, 11) is 1.88. The average Bonchev–Trinajstić information content (AvgIpc) is 3.46. The Hall–Kier alpha value is -1.61. The number of nitrogens with zero attached hydrogens (tertiary/aromatic N) is 4. The molecule has 1 N–H and O–H groups in total. The van der Waals surface area contributed by atoms with Gasteiger partial charge in [-0.25, -0.2) is 4.68 Å². The maximum absolute atomic E-state index is 6.11. The highest BCUT2D eigenvalue weighted by molar-refractivity contribution is 14.0. The summed E-state index contributed by atoms with van der Waals surface area (Å²) in [5, 5.41) is 8.36. The summed E-state index contributed by atoms with van der Waals surface area (Å²) >= 11 is 0. The van der Waals surface area contributed by atoms with Gasteiger partial charge in [0.1, 0.15) is 0 Å². The maximum Gasteiger partial charge on any atom is 0.193 e. The number of hydrogen-bond acceptors (Lipinski definition) is 3. The van der Waals surface area contributed by atoms with Gasteiger partial charge in [-0.1, -0.05) is 18.2 Å². The number of aryl methyl sites for hydroxylation is 1. The van der Waals surface area contributed by atoms with Crippen LogP contribution < -0.4 is 5.32 Å². The highest BCUT2D eigenvalue weighted by atomic mass is 127. The van der Waals surface area contributed by atoms with Crippen molar-refractivity contribution < 1.29 is 4.74 Å². The minimum Gasteiger partial charge on any atom is -0.374 e. The minimum absolute atomic E-state index is 0. The van der Waals surface area contributed by atoms with Gasteiger partial charge in [0, 0.05) is 49.8 Å². The Morgan fingerprint density at radius 3 is 2.41 bits per heavy atom. The molecule has 3 aliphatic rings. The maximum atomic E-state index is 6.11. The van der Waals surface area contributed by atoms with E-state index in [1.54, 1.807) is 0 Å². The molecule has 0 spiro atoms. The lowest BCUT2D eigenvalue weighted by Crippen LogP contribution is -2.41. The van der Waals surface area contributed by atoms with Crippen molar-refractivity contribution in [2.45, 2.75) is 45.4 Å². The van der Waals surface area contributed by atoms with Gasteiger partial charge in [0.15, 0.2) is 5.96 Å². The van der Waals surface area contributed by atoms with Gasteiger partial charge in [-0.3, -0.25) is 4.99 Å². The zero-order valence-corrected chi connectivity index (χ0v) is 19.7. The van der Waals surface area contributed by atoms with E-state index in [0.29, 0.717) is 24.0 Å². The Bertz CT molecular complexity index is 878. The van der Waals surface area contributed by atoms with E-state index < -0.39 is 0 Å². The van der Waals surface area contributed by atoms with Crippen LogP contribution in [0, 0.1) is 25.7 Å². The van der Waals surface area contributed by atoms with Crippen molar-refractivity contribution in [1.29, 1.82) is 0 Å². The lowest BCUT2D eigenvalue weighted by atomic mass is 9.82. The van der Waals surface area contributed by atoms with Crippen LogP contribution in [0.1, 0.15) is 29.8 Å². The molecule has 1 aromatic heterocycles. The quantitative estimate of drug-likeness (QED) is 0.394. The molecule has 3 fully saturated rings. The van der Waals surface area contributed by atoms with Crippen LogP contribution in [0.5, 0.6) is 0 Å². The van der Waals surface area contributed by atoms with Crippen molar-refractivity contribution in [3.05, 3.63) is 47.3 Å². The first-order valence-corrected chi connectivity index (χ1v) is 10.4. The Morgan fingerprint density at radius 2 is 1.79 bits per heavy atom. The van der Waals surface area contributed by atoms with E-state index in [1.165, 1.54) is 24.1 Å². The van der Waals surface area contributed by atoms with Crippen molar-refractivity contribution in [1.82, 2.24) is 20.0 Å². The molecule has 6 nitrogen and oxygen atoms in total. The normalized spacial score (nSPS) is 27.8. The fraction of sp³-hybridized carbons (Fsp3) is 0.545. The summed E-state index contributed by atoms with van der Waals surface area (Å²) in [5.74, 6) is 2.36. The molecule has 3 aliphatic heterocycles. The molecule has 0 radical (unpaired) electrons. The number of guanidine groups is 1. The van der Waals surface area contributed by atoms with Gasteiger partial charge in [0.2, 0.25) is 0 Å². The predicted molar refractivity (Wildman–Crippen MR) is 125 cm³/mol. The molecule has 0 aliphatic carbocycles. The molecule has 5 rings (SSSR count). The Labute approximate surface area is 189 Å². The second-order valence-electron chi connectivity index (χ2n) is 8.32. The summed E-state index contributed by atoms with van der Waals surface area (Å²) in [4.78, 5) is 7.00. The van der Waals surface area contributed by atoms with Gasteiger partial charge in [0.25, 0.3) is 0 Å². The number of fused-ring (bicyclic) bond motifs is 5. The molecule has 0 saturated carbocycles. The first-order valence-electron chi connectivity index (χ1n) is 10.4. The summed E-state index contributed by atoms with van der Waals surface area (Å²) in [6, 6.07) is 10.3. The second-order valence-corrected chi connectivity index (χ2v) is 8.32. The standard InChI is InChI=1S/C22H29N5O.HI/c1-14-17(15(2)27(25-14)16-7-5-4-6-8-16)11-24-22(23-3)26-12-18-19(13-26)21-10-9-20(18)28-21;/h4-8,18-21H,9-13H2,1-3H3,(H,23,24);1H. The zero-order valence-electron chi connectivity index (χ0n) is 17.3. The highest BCUT2D eigenvalue weighted by Crippen LogP contribution is 2.47. The molecule has 4 heterocycles. The van der Waals surface area contributed by atoms with Crippen molar-refractivity contribution >= 4 is 29.9 Å². The number of ether oxygens (including phenoxy) is 1. The Balaban J connectivity index is 0.00000205. The second kappa shape index (κ2) is 8.26. The minimum atomic E-state index is 0. The van der Waals surface area contributed by atoms with Crippen LogP contribution in [0.25, 0.3) is 5.69 Å². The molecular weight excluding hydrogens is 477 g/mol. The number of hydrogen-bond donors (Lipinski definition) is 1. The molecule has 2 aromatic rings. The SMILES string of the molecule is CN=C(NCc1c(C)nn(-c2ccccc2)c1C)N1CC2C3CCC(O3)C2C1.I. The van der Waals surface area contributed by atoms with E-state index in [0.717, 1.165) is 37.0 Å². The molecule has 4 unspecified atom stereocenters. The van der Waals surface area contributed by atoms with E-state index in [4.69, 9.17) is 9.84 Å². The fourth-order valence-corrected chi connectivity index (χ4v) is 5.38. The number of para-hydroxylation sites is 1. The number of aliphatic imine (C=N–C) groups is 1. The number of rotatable bonds is 3. The largest absolute Gasteiger partial charge is 0.374 e. The van der Waals surface area contributed by atoms with Crippen LogP contribution in [0.2, 0.25) is 0 Å². The van der Waals surface area contributed by atoms with Crippen LogP contribution in [-0.2, 0) is 11.3 Å². The number of nitrogens with one attached hydrogen (secondary N) is 1. The van der Waals surface area contributed by atoms with E-state index in [2.05, 4.69) is 41.2 Å². The van der Waals surface area contributed by atoms with Crippen LogP contribution in [-0.4, -0.2) is 53.0 Å². The van der Waals surface area contributed by atoms with E-state index >= 15 is 0 Å². The third-order valence-corrected chi connectivity index (χ3v) is 6.83. The molecule has 2 bridgehead atoms. The van der Waals surface area contributed by atoms with Gasteiger partial charge in [-0.2, -0.15) is 5.10 Å². The topological polar surface area (TPSA) is 54.7 Å². The van der Waals surface area contributed by atoms with Gasteiger partial charge >= 0.3 is 0 Å². The average molecular weight is 507 g/mol. The lowest BCUT2D eigenvalue weighted by Gasteiger charge is -2.23. The van der Waals surface area contributed by atoms with Crippen LogP contribution in [0.3, 0.4) is 0 Å². The third kappa shape index (κ3) is 3.56. The summed E-state index contributed by atoms with van der Waals surface area (Å²) < 4.78 is 8.14. The fourth-order valence-electron chi connectivity index (χ4n) is 5.38. The van der Waals surface area contributed by atoms with Crippen LogP contribution in [0.4, 0.5) is 0 Å². The first-order chi connectivity index (χ1) is 13.7. The first kappa shape index (κ1) is 20.7. The molecule has 1 aromatic carbocycles. The number of aromatic nitrogens is 2. The molecular formula is C22H30IN5O. The van der Waals surface area contributed by atoms with Crippen LogP contribution >= 0.6 is 24.0 Å². The molecule has 4 atom stereocenters. The number of halogens is 1. The van der Waals surface area contributed by atoms with Crippen molar-refractivity contribution in [3.8, 4) is 5.69 Å². The molecule has 3 saturated heterocycles. The van der Waals surface area contributed by atoms with E-state index in [9.17, 15) is 0 Å². The highest BCUT2D eigenvalue weighted by Gasteiger charge is 2.53. The summed E-state index contributed by atoms with van der Waals surface area (Å²) in [6.07, 6.45) is 3.43. The molecule has 156 valence electrons. The smallest absolute Gasteiger partial charge is 0.193 e. The number of benzene rings is 1. The lowest BCUT2D eigenvalue weighted by molar-refractivity contribution is 0.0767. The van der Waals surface area contributed by atoms with Crippen molar-refractivity contribution in [2.24, 2.45) is 16.8 Å². The Kier molecular flexibility index (Phi) is 5.88. The van der Waals surface area contributed by atoms with Crippen molar-refractivity contribution in [2.75, 3.05) is 20.1 Å². The van der Waals surface area contributed by atoms with Crippen molar-refractivity contribution in [3.63, 3.8) is 0 Å². The van der Waals surface area contributed by atoms with Gasteiger partial charge in [-0.15, -0.1) is 24.0 Å². The third-order valence-electron chi connectivity index (χ3n) is 6.83. The predicted octanol–water partition coefficient (Wildman–Crippen LogP) is 3.29. The monoisotopic (exact) mass is 507 g/mol. The molecule has 0 amide bonds. The summed E-state index contributed by atoms with van der Waals surface area (Å²) in [5.41, 5.74) is 4.58. The van der Waals surface area contributed by atoms with Gasteiger partial charge < -0.3 is 15.0 Å². The Morgan fingerprint density at radius 1 is 1.14 bits per heavy atom. The van der Waals surface area contributed by atoms with Gasteiger partial charge in [-0.05, 0) is 38.8 Å². The van der Waals surface area contributed by atoms with Crippen LogP contribution in [0.15, 0.2) is 35.3 Å². The molecule has 29 heavy (non-hydrogen) atoms. The summed E-state index contributed by atoms with van der Waals surface area (Å²) in [6.45, 7) is 7.09. The van der Waals surface area contributed by atoms with E-state index in [-0.39, 0.29) is 24.0 Å². The molecule has 7 heteroatoms. The number of likely N-dealkylation sites (tertiary alicyclic amines) is 1. The van der Waals surface area contributed by atoms with Gasteiger partial charge in [0.05, 0.1) is 23.6 Å². The zero-order chi connectivity index (χ0) is 19.3. The van der Waals surface area contributed by atoms with E-state index in [1.807, 2.05) is 29.9 Å².